The number of fused-ring (bicyclic) bond motifs is 3. The Balaban J connectivity index is 1.38. The summed E-state index contributed by atoms with van der Waals surface area (Å²) in [6.07, 6.45) is 1.66. The number of anilines is 1. The molecule has 5 rings (SSSR count). The van der Waals surface area contributed by atoms with E-state index in [2.05, 4.69) is 4.98 Å². The third-order valence-corrected chi connectivity index (χ3v) is 7.26. The molecule has 168 valence electrons. The first-order valence-electron chi connectivity index (χ1n) is 11.0. The lowest BCUT2D eigenvalue weighted by Gasteiger charge is -2.22. The van der Waals surface area contributed by atoms with Crippen LogP contribution in [0.15, 0.2) is 47.3 Å². The van der Waals surface area contributed by atoms with Gasteiger partial charge in [0.1, 0.15) is 15.5 Å². The first-order chi connectivity index (χ1) is 16.0. The average Bonchev–Trinajstić information content (AvgIpc) is 3.43. The fourth-order valence-electron chi connectivity index (χ4n) is 4.47. The molecule has 0 unspecified atom stereocenters. The number of amides is 1. The minimum absolute atomic E-state index is 0.107. The molecule has 2 aromatic heterocycles. The third kappa shape index (κ3) is 3.60. The number of carbonyl (C=O) groups excluding carboxylic acids is 2. The zero-order chi connectivity index (χ0) is 23.1. The van der Waals surface area contributed by atoms with Gasteiger partial charge in [0.15, 0.2) is 6.61 Å². The number of nitrogens with zero attached hydrogens (tertiary/aromatic N) is 3. The van der Waals surface area contributed by atoms with Gasteiger partial charge in [-0.2, -0.15) is 0 Å². The first kappa shape index (κ1) is 21.3. The Kier molecular flexibility index (Phi) is 5.46. The van der Waals surface area contributed by atoms with Crippen LogP contribution >= 0.6 is 11.3 Å². The predicted octanol–water partition coefficient (Wildman–Crippen LogP) is 4.08. The van der Waals surface area contributed by atoms with E-state index in [0.29, 0.717) is 33.7 Å². The molecule has 1 amide bonds. The van der Waals surface area contributed by atoms with Gasteiger partial charge in [-0.3, -0.25) is 14.2 Å². The number of thiophene rings is 1. The van der Waals surface area contributed by atoms with E-state index in [-0.39, 0.29) is 18.1 Å². The van der Waals surface area contributed by atoms with Crippen LogP contribution in [-0.4, -0.2) is 34.6 Å². The van der Waals surface area contributed by atoms with Crippen molar-refractivity contribution in [2.24, 2.45) is 0 Å². The summed E-state index contributed by atoms with van der Waals surface area (Å²) < 4.78 is 7.09. The van der Waals surface area contributed by atoms with E-state index in [1.807, 2.05) is 49.4 Å². The van der Waals surface area contributed by atoms with E-state index >= 15 is 0 Å². The molecule has 4 aromatic rings. The average molecular weight is 462 g/mol. The minimum Gasteiger partial charge on any atom is -0.451 e. The number of esters is 1. The van der Waals surface area contributed by atoms with Gasteiger partial charge in [0.2, 0.25) is 0 Å². The van der Waals surface area contributed by atoms with Crippen molar-refractivity contribution in [3.63, 3.8) is 0 Å². The van der Waals surface area contributed by atoms with Crippen LogP contribution in [-0.2, 0) is 22.5 Å². The molecular formula is C25H23N3O4S. The number of aryl methyl sites for hydroxylation is 2. The molecule has 0 N–H and O–H groups in total. The highest BCUT2D eigenvalue weighted by Gasteiger charge is 2.25. The molecule has 33 heavy (non-hydrogen) atoms. The number of hydrogen-bond acceptors (Lipinski definition) is 6. The van der Waals surface area contributed by atoms with Gasteiger partial charge >= 0.3 is 5.97 Å². The summed E-state index contributed by atoms with van der Waals surface area (Å²) in [6.45, 7) is 4.33. The SMILES string of the molecule is CCN(C(=O)COC(=O)c1sc2nc3n(c(=O)c2c1C)CCC3)c1cccc2ccccc12. The van der Waals surface area contributed by atoms with Crippen molar-refractivity contribution in [2.75, 3.05) is 18.1 Å². The topological polar surface area (TPSA) is 81.5 Å². The normalized spacial score (nSPS) is 12.8. The second kappa shape index (κ2) is 8.44. The molecule has 3 heterocycles. The molecule has 0 bridgehead atoms. The Morgan fingerprint density at radius 3 is 2.79 bits per heavy atom. The highest BCUT2D eigenvalue weighted by Crippen LogP contribution is 2.30. The van der Waals surface area contributed by atoms with E-state index in [0.717, 1.165) is 46.5 Å². The van der Waals surface area contributed by atoms with E-state index < -0.39 is 5.97 Å². The van der Waals surface area contributed by atoms with Crippen LogP contribution in [0.1, 0.15) is 34.4 Å². The quantitative estimate of drug-likeness (QED) is 0.419. The molecule has 0 fully saturated rings. The monoisotopic (exact) mass is 461 g/mol. The van der Waals surface area contributed by atoms with Gasteiger partial charge in [0, 0.05) is 24.9 Å². The summed E-state index contributed by atoms with van der Waals surface area (Å²) in [5.74, 6) is -0.155. The standard InChI is InChI=1S/C25H23N3O4S/c1-3-27(18-11-6-9-16-8-4-5-10-17(16)18)20(29)14-32-25(31)22-15(2)21-23(33-22)26-19-12-7-13-28(19)24(21)30/h4-6,8-11H,3,7,12-14H2,1-2H3. The van der Waals surface area contributed by atoms with E-state index in [1.54, 1.807) is 16.4 Å². The van der Waals surface area contributed by atoms with Crippen molar-refractivity contribution in [1.29, 1.82) is 0 Å². The van der Waals surface area contributed by atoms with Crippen molar-refractivity contribution in [3.05, 3.63) is 69.1 Å². The summed E-state index contributed by atoms with van der Waals surface area (Å²) in [6, 6.07) is 13.6. The Labute approximate surface area is 194 Å². The predicted molar refractivity (Wildman–Crippen MR) is 129 cm³/mol. The summed E-state index contributed by atoms with van der Waals surface area (Å²) in [5, 5.41) is 2.46. The van der Waals surface area contributed by atoms with Gasteiger partial charge in [-0.25, -0.2) is 9.78 Å². The lowest BCUT2D eigenvalue weighted by atomic mass is 10.1. The summed E-state index contributed by atoms with van der Waals surface area (Å²) >= 11 is 1.15. The van der Waals surface area contributed by atoms with Crippen molar-refractivity contribution < 1.29 is 14.3 Å². The molecule has 0 atom stereocenters. The summed E-state index contributed by atoms with van der Waals surface area (Å²) in [5.41, 5.74) is 1.24. The molecule has 7 nitrogen and oxygen atoms in total. The molecular weight excluding hydrogens is 438 g/mol. The molecule has 0 radical (unpaired) electrons. The lowest BCUT2D eigenvalue weighted by molar-refractivity contribution is -0.121. The summed E-state index contributed by atoms with van der Waals surface area (Å²) in [4.78, 5) is 45.8. The molecule has 0 saturated carbocycles. The largest absolute Gasteiger partial charge is 0.451 e. The fraction of sp³-hybridized carbons (Fsp3) is 0.280. The van der Waals surface area contributed by atoms with Gasteiger partial charge in [-0.05, 0) is 37.3 Å². The first-order valence-corrected chi connectivity index (χ1v) is 11.8. The van der Waals surface area contributed by atoms with Gasteiger partial charge in [0.25, 0.3) is 11.5 Å². The number of aromatic nitrogens is 2. The summed E-state index contributed by atoms with van der Waals surface area (Å²) in [7, 11) is 0. The van der Waals surface area contributed by atoms with Crippen molar-refractivity contribution in [3.8, 4) is 0 Å². The van der Waals surface area contributed by atoms with Gasteiger partial charge in [0.05, 0.1) is 11.1 Å². The second-order valence-corrected chi connectivity index (χ2v) is 9.04. The maximum absolute atomic E-state index is 13.0. The Morgan fingerprint density at radius 1 is 1.18 bits per heavy atom. The van der Waals surface area contributed by atoms with E-state index in [4.69, 9.17) is 4.74 Å². The highest BCUT2D eigenvalue weighted by molar-refractivity contribution is 7.20. The second-order valence-electron chi connectivity index (χ2n) is 8.04. The van der Waals surface area contributed by atoms with Crippen LogP contribution in [0, 0.1) is 6.92 Å². The number of carbonyl (C=O) groups is 2. The van der Waals surface area contributed by atoms with Crippen molar-refractivity contribution in [1.82, 2.24) is 9.55 Å². The Bertz CT molecular complexity index is 1460. The van der Waals surface area contributed by atoms with Crippen molar-refractivity contribution in [2.45, 2.75) is 33.2 Å². The van der Waals surface area contributed by atoms with Gasteiger partial charge in [-0.1, -0.05) is 36.4 Å². The number of rotatable bonds is 5. The lowest BCUT2D eigenvalue weighted by Crippen LogP contribution is -2.34. The third-order valence-electron chi connectivity index (χ3n) is 6.10. The molecule has 1 aliphatic rings. The molecule has 0 saturated heterocycles. The molecule has 0 spiro atoms. The number of benzene rings is 2. The molecule has 1 aliphatic heterocycles. The van der Waals surface area contributed by atoms with Gasteiger partial charge < -0.3 is 9.64 Å². The van der Waals surface area contributed by atoms with Crippen LogP contribution < -0.4 is 10.5 Å². The Morgan fingerprint density at radius 2 is 1.97 bits per heavy atom. The van der Waals surface area contributed by atoms with Crippen molar-refractivity contribution >= 4 is 49.9 Å². The zero-order valence-electron chi connectivity index (χ0n) is 18.5. The van der Waals surface area contributed by atoms with E-state index in [9.17, 15) is 14.4 Å². The van der Waals surface area contributed by atoms with Crippen LogP contribution in [0.3, 0.4) is 0 Å². The van der Waals surface area contributed by atoms with Crippen LogP contribution in [0.4, 0.5) is 5.69 Å². The van der Waals surface area contributed by atoms with Gasteiger partial charge in [-0.15, -0.1) is 11.3 Å². The van der Waals surface area contributed by atoms with Crippen LogP contribution in [0.25, 0.3) is 21.0 Å². The minimum atomic E-state index is -0.609. The maximum Gasteiger partial charge on any atom is 0.349 e. The van der Waals surface area contributed by atoms with Crippen LogP contribution in [0.5, 0.6) is 0 Å². The number of hydrogen-bond donors (Lipinski definition) is 0. The highest BCUT2D eigenvalue weighted by atomic mass is 32.1. The molecule has 2 aromatic carbocycles. The maximum atomic E-state index is 13.0. The smallest absolute Gasteiger partial charge is 0.349 e. The molecule has 0 aliphatic carbocycles. The Hall–Kier alpha value is -3.52. The van der Waals surface area contributed by atoms with Crippen LogP contribution in [0.2, 0.25) is 0 Å². The van der Waals surface area contributed by atoms with E-state index in [1.165, 1.54) is 0 Å². The molecule has 8 heteroatoms. The fourth-order valence-corrected chi connectivity index (χ4v) is 5.55. The number of ether oxygens (including phenoxy) is 1. The number of likely N-dealkylation sites (N-methyl/N-ethyl adjacent to an activating group) is 1. The zero-order valence-corrected chi connectivity index (χ0v) is 19.3.